The summed E-state index contributed by atoms with van der Waals surface area (Å²) in [6, 6.07) is 0. The molecule has 1 unspecified atom stereocenters. The Morgan fingerprint density at radius 3 is 2.38 bits per heavy atom. The molecule has 0 heterocycles. The van der Waals surface area contributed by atoms with Crippen molar-refractivity contribution < 1.29 is 19.1 Å². The molecule has 1 aliphatic rings. The number of carbonyl (C=O) groups is 2. The molecule has 1 fully saturated rings. The molecule has 122 valence electrons. The van der Waals surface area contributed by atoms with Crippen LogP contribution in [0, 0.1) is 11.3 Å². The molecule has 0 aromatic carbocycles. The number of rotatable bonds is 7. The monoisotopic (exact) mass is 299 g/mol. The van der Waals surface area contributed by atoms with Crippen molar-refractivity contribution in [1.29, 1.82) is 0 Å². The maximum atomic E-state index is 12.2. The SMILES string of the molecule is CCOC(=O)C(C(=O)NCCOC1CCCC1)C(C)(C)C. The average molecular weight is 299 g/mol. The van der Waals surface area contributed by atoms with Gasteiger partial charge in [-0.15, -0.1) is 0 Å². The lowest BCUT2D eigenvalue weighted by Crippen LogP contribution is -2.44. The first-order valence-corrected chi connectivity index (χ1v) is 7.92. The topological polar surface area (TPSA) is 64.6 Å². The summed E-state index contributed by atoms with van der Waals surface area (Å²) in [4.78, 5) is 24.2. The first-order chi connectivity index (χ1) is 9.86. The Morgan fingerprint density at radius 1 is 1.24 bits per heavy atom. The van der Waals surface area contributed by atoms with E-state index in [9.17, 15) is 9.59 Å². The van der Waals surface area contributed by atoms with Crippen molar-refractivity contribution in [3.63, 3.8) is 0 Å². The van der Waals surface area contributed by atoms with Crippen molar-refractivity contribution in [3.05, 3.63) is 0 Å². The van der Waals surface area contributed by atoms with Gasteiger partial charge in [0.1, 0.15) is 5.92 Å². The van der Waals surface area contributed by atoms with Crippen molar-refractivity contribution in [2.45, 2.75) is 59.5 Å². The van der Waals surface area contributed by atoms with Gasteiger partial charge in [0, 0.05) is 6.54 Å². The smallest absolute Gasteiger partial charge is 0.319 e. The number of nitrogens with one attached hydrogen (secondary N) is 1. The van der Waals surface area contributed by atoms with Gasteiger partial charge in [0.15, 0.2) is 0 Å². The Kier molecular flexibility index (Phi) is 7.15. The molecular weight excluding hydrogens is 270 g/mol. The fraction of sp³-hybridized carbons (Fsp3) is 0.875. The minimum absolute atomic E-state index is 0.281. The molecule has 0 aromatic rings. The van der Waals surface area contributed by atoms with E-state index in [0.29, 0.717) is 19.3 Å². The molecule has 1 saturated carbocycles. The first-order valence-electron chi connectivity index (χ1n) is 7.92. The second kappa shape index (κ2) is 8.37. The van der Waals surface area contributed by atoms with Crippen LogP contribution in [0.3, 0.4) is 0 Å². The van der Waals surface area contributed by atoms with Gasteiger partial charge in [-0.2, -0.15) is 0 Å². The van der Waals surface area contributed by atoms with Gasteiger partial charge in [0.2, 0.25) is 5.91 Å². The number of esters is 1. The molecule has 0 saturated heterocycles. The Bertz CT molecular complexity index is 343. The summed E-state index contributed by atoms with van der Waals surface area (Å²) < 4.78 is 10.7. The van der Waals surface area contributed by atoms with E-state index in [1.165, 1.54) is 12.8 Å². The Hall–Kier alpha value is -1.10. The fourth-order valence-electron chi connectivity index (χ4n) is 2.64. The molecule has 1 aliphatic carbocycles. The third-order valence-corrected chi connectivity index (χ3v) is 3.71. The van der Waals surface area contributed by atoms with E-state index in [-0.39, 0.29) is 12.5 Å². The van der Waals surface area contributed by atoms with Crippen LogP contribution in [-0.4, -0.2) is 37.7 Å². The van der Waals surface area contributed by atoms with Crippen molar-refractivity contribution in [1.82, 2.24) is 5.32 Å². The summed E-state index contributed by atoms with van der Waals surface area (Å²) in [5.74, 6) is -1.53. The van der Waals surface area contributed by atoms with Gasteiger partial charge in [-0.3, -0.25) is 9.59 Å². The normalized spacial score (nSPS) is 17.5. The van der Waals surface area contributed by atoms with E-state index in [2.05, 4.69) is 5.32 Å². The highest BCUT2D eigenvalue weighted by Gasteiger charge is 2.38. The van der Waals surface area contributed by atoms with Gasteiger partial charge >= 0.3 is 5.97 Å². The van der Waals surface area contributed by atoms with E-state index in [1.807, 2.05) is 20.8 Å². The van der Waals surface area contributed by atoms with Crippen LogP contribution >= 0.6 is 0 Å². The number of amides is 1. The standard InChI is InChI=1S/C16H29NO4/c1-5-20-15(19)13(16(2,3)4)14(18)17-10-11-21-12-8-6-7-9-12/h12-13H,5-11H2,1-4H3,(H,17,18). The van der Waals surface area contributed by atoms with Crippen LogP contribution in [-0.2, 0) is 19.1 Å². The van der Waals surface area contributed by atoms with Gasteiger partial charge < -0.3 is 14.8 Å². The van der Waals surface area contributed by atoms with Gasteiger partial charge in [0.25, 0.3) is 0 Å². The highest BCUT2D eigenvalue weighted by Crippen LogP contribution is 2.27. The lowest BCUT2D eigenvalue weighted by Gasteiger charge is -2.27. The van der Waals surface area contributed by atoms with E-state index in [0.717, 1.165) is 12.8 Å². The molecule has 5 heteroatoms. The third kappa shape index (κ3) is 6.04. The van der Waals surface area contributed by atoms with E-state index in [4.69, 9.17) is 9.47 Å². The zero-order valence-electron chi connectivity index (χ0n) is 13.7. The predicted octanol–water partition coefficient (Wildman–Crippen LogP) is 2.29. The van der Waals surface area contributed by atoms with E-state index in [1.54, 1.807) is 6.92 Å². The molecular formula is C16H29NO4. The van der Waals surface area contributed by atoms with Crippen LogP contribution in [0.5, 0.6) is 0 Å². The molecule has 1 rings (SSSR count). The van der Waals surface area contributed by atoms with Crippen LogP contribution in [0.4, 0.5) is 0 Å². The molecule has 5 nitrogen and oxygen atoms in total. The summed E-state index contributed by atoms with van der Waals surface area (Å²) in [6.45, 7) is 8.54. The Labute approximate surface area is 127 Å². The second-order valence-corrected chi connectivity index (χ2v) is 6.62. The second-order valence-electron chi connectivity index (χ2n) is 6.62. The quantitative estimate of drug-likeness (QED) is 0.445. The summed E-state index contributed by atoms with van der Waals surface area (Å²) >= 11 is 0. The summed E-state index contributed by atoms with van der Waals surface area (Å²) in [6.07, 6.45) is 5.02. The van der Waals surface area contributed by atoms with Gasteiger partial charge in [0.05, 0.1) is 19.3 Å². The number of hydrogen-bond donors (Lipinski definition) is 1. The number of carbonyl (C=O) groups excluding carboxylic acids is 2. The van der Waals surface area contributed by atoms with Crippen LogP contribution in [0.25, 0.3) is 0 Å². The highest BCUT2D eigenvalue weighted by atomic mass is 16.5. The molecule has 1 N–H and O–H groups in total. The minimum atomic E-state index is -0.788. The van der Waals surface area contributed by atoms with Crippen LogP contribution in [0.1, 0.15) is 53.4 Å². The summed E-state index contributed by atoms with van der Waals surface area (Å²) in [7, 11) is 0. The van der Waals surface area contributed by atoms with Gasteiger partial charge in [-0.1, -0.05) is 33.6 Å². The maximum absolute atomic E-state index is 12.2. The Morgan fingerprint density at radius 2 is 1.86 bits per heavy atom. The Balaban J connectivity index is 2.39. The zero-order valence-corrected chi connectivity index (χ0v) is 13.7. The molecule has 0 aromatic heterocycles. The van der Waals surface area contributed by atoms with Crippen LogP contribution in [0.2, 0.25) is 0 Å². The van der Waals surface area contributed by atoms with Crippen molar-refractivity contribution >= 4 is 11.9 Å². The lowest BCUT2D eigenvalue weighted by atomic mass is 9.80. The van der Waals surface area contributed by atoms with E-state index >= 15 is 0 Å². The molecule has 21 heavy (non-hydrogen) atoms. The number of ether oxygens (including phenoxy) is 2. The zero-order chi connectivity index (χ0) is 15.9. The number of hydrogen-bond acceptors (Lipinski definition) is 4. The molecule has 1 amide bonds. The average Bonchev–Trinajstić information content (AvgIpc) is 2.86. The first kappa shape index (κ1) is 18.0. The summed E-state index contributed by atoms with van der Waals surface area (Å²) in [5.41, 5.74) is -0.470. The highest BCUT2D eigenvalue weighted by molar-refractivity contribution is 5.98. The maximum Gasteiger partial charge on any atom is 0.319 e. The molecule has 0 spiro atoms. The predicted molar refractivity (Wildman–Crippen MR) is 80.8 cm³/mol. The molecule has 0 radical (unpaired) electrons. The van der Waals surface area contributed by atoms with Gasteiger partial charge in [-0.25, -0.2) is 0 Å². The van der Waals surface area contributed by atoms with E-state index < -0.39 is 17.3 Å². The molecule has 0 aliphatic heterocycles. The lowest BCUT2D eigenvalue weighted by molar-refractivity contribution is -0.156. The van der Waals surface area contributed by atoms with Crippen molar-refractivity contribution in [3.8, 4) is 0 Å². The fourth-order valence-corrected chi connectivity index (χ4v) is 2.64. The third-order valence-electron chi connectivity index (χ3n) is 3.71. The summed E-state index contributed by atoms with van der Waals surface area (Å²) in [5, 5.41) is 2.79. The molecule has 0 bridgehead atoms. The van der Waals surface area contributed by atoms with Gasteiger partial charge in [-0.05, 0) is 25.2 Å². The van der Waals surface area contributed by atoms with Crippen molar-refractivity contribution in [2.75, 3.05) is 19.8 Å². The van der Waals surface area contributed by atoms with Crippen LogP contribution < -0.4 is 5.32 Å². The van der Waals surface area contributed by atoms with Crippen molar-refractivity contribution in [2.24, 2.45) is 11.3 Å². The van der Waals surface area contributed by atoms with Crippen LogP contribution in [0.15, 0.2) is 0 Å². The minimum Gasteiger partial charge on any atom is -0.465 e. The largest absolute Gasteiger partial charge is 0.465 e. The molecule has 1 atom stereocenters.